The summed E-state index contributed by atoms with van der Waals surface area (Å²) in [5.41, 5.74) is 0.421. The number of imide groups is 1. The summed E-state index contributed by atoms with van der Waals surface area (Å²) < 4.78 is 43.0. The molecule has 0 spiro atoms. The predicted molar refractivity (Wildman–Crippen MR) is 92.5 cm³/mol. The van der Waals surface area contributed by atoms with Crippen molar-refractivity contribution in [2.24, 2.45) is 0 Å². The van der Waals surface area contributed by atoms with Crippen LogP contribution in [-0.2, 0) is 15.7 Å². The van der Waals surface area contributed by atoms with Crippen LogP contribution in [0.3, 0.4) is 0 Å². The van der Waals surface area contributed by atoms with Crippen molar-refractivity contribution < 1.29 is 27.5 Å². The van der Waals surface area contributed by atoms with Crippen LogP contribution in [0.4, 0.5) is 18.0 Å². The molecule has 1 fully saturated rings. The number of nitrogens with zero attached hydrogens (tertiary/aromatic N) is 1. The molecule has 0 bridgehead atoms. The van der Waals surface area contributed by atoms with Gasteiger partial charge in [-0.15, -0.1) is 0 Å². The van der Waals surface area contributed by atoms with E-state index in [9.17, 15) is 22.8 Å². The topological polar surface area (TPSA) is 46.6 Å². The van der Waals surface area contributed by atoms with Gasteiger partial charge in [0, 0.05) is 6.08 Å². The van der Waals surface area contributed by atoms with E-state index in [0.29, 0.717) is 5.56 Å². The Bertz CT molecular complexity index is 860. The lowest BCUT2D eigenvalue weighted by Gasteiger charge is -2.18. The third-order valence-electron chi connectivity index (χ3n) is 4.29. The Kier molecular flexibility index (Phi) is 5.03. The van der Waals surface area contributed by atoms with Crippen LogP contribution in [-0.4, -0.2) is 22.9 Å². The fraction of sp³-hybridized carbons (Fsp3) is 0.200. The van der Waals surface area contributed by atoms with Gasteiger partial charge in [-0.25, -0.2) is 9.69 Å². The van der Waals surface area contributed by atoms with Gasteiger partial charge in [0.05, 0.1) is 11.6 Å². The number of ether oxygens (including phenoxy) is 1. The molecule has 7 heteroatoms. The van der Waals surface area contributed by atoms with Gasteiger partial charge < -0.3 is 4.74 Å². The van der Waals surface area contributed by atoms with Gasteiger partial charge in [0.15, 0.2) is 0 Å². The number of hydrogen-bond donors (Lipinski definition) is 0. The minimum Gasteiger partial charge on any atom is -0.439 e. The highest BCUT2D eigenvalue weighted by molar-refractivity contribution is 6.02. The molecule has 0 aliphatic carbocycles. The second-order valence-corrected chi connectivity index (χ2v) is 6.12. The molecule has 1 heterocycles. The molecule has 3 rings (SSSR count). The molecule has 0 radical (unpaired) electrons. The second kappa shape index (κ2) is 7.26. The number of alkyl halides is 3. The molecule has 2 aromatic rings. The summed E-state index contributed by atoms with van der Waals surface area (Å²) in [5, 5.41) is 0. The molecule has 0 saturated carbocycles. The molecule has 1 saturated heterocycles. The van der Waals surface area contributed by atoms with Gasteiger partial charge in [0.2, 0.25) is 0 Å². The molecule has 27 heavy (non-hydrogen) atoms. The van der Waals surface area contributed by atoms with Crippen LogP contribution < -0.4 is 0 Å². The van der Waals surface area contributed by atoms with Crippen molar-refractivity contribution in [1.29, 1.82) is 0 Å². The normalized spacial score (nSPS) is 20.1. The monoisotopic (exact) mass is 375 g/mol. The third kappa shape index (κ3) is 4.02. The highest BCUT2D eigenvalue weighted by atomic mass is 19.4. The number of carbonyl (C=O) groups excluding carboxylic acids is 2. The first-order valence-corrected chi connectivity index (χ1v) is 8.21. The van der Waals surface area contributed by atoms with Crippen LogP contribution in [0, 0.1) is 0 Å². The zero-order valence-corrected chi connectivity index (χ0v) is 14.3. The van der Waals surface area contributed by atoms with E-state index in [0.717, 1.165) is 28.7 Å². The molecular formula is C20H16F3NO3. The Morgan fingerprint density at radius 2 is 1.70 bits per heavy atom. The summed E-state index contributed by atoms with van der Waals surface area (Å²) in [6.45, 7) is 1.70. The van der Waals surface area contributed by atoms with E-state index in [2.05, 4.69) is 0 Å². The number of hydrogen-bond acceptors (Lipinski definition) is 3. The van der Waals surface area contributed by atoms with Crippen molar-refractivity contribution in [1.82, 2.24) is 4.90 Å². The van der Waals surface area contributed by atoms with E-state index < -0.39 is 35.9 Å². The lowest BCUT2D eigenvalue weighted by molar-refractivity contribution is -0.137. The van der Waals surface area contributed by atoms with Crippen molar-refractivity contribution in [2.45, 2.75) is 25.2 Å². The van der Waals surface area contributed by atoms with E-state index >= 15 is 0 Å². The van der Waals surface area contributed by atoms with Crippen LogP contribution in [0.25, 0.3) is 6.08 Å². The smallest absolute Gasteiger partial charge is 0.417 e. The Hall–Kier alpha value is -3.09. The summed E-state index contributed by atoms with van der Waals surface area (Å²) in [5.74, 6) is -0.592. The Morgan fingerprint density at radius 1 is 1.07 bits per heavy atom. The molecule has 140 valence electrons. The van der Waals surface area contributed by atoms with Gasteiger partial charge in [0.25, 0.3) is 5.91 Å². The average Bonchev–Trinajstić information content (AvgIpc) is 2.94. The molecule has 0 aromatic heterocycles. The maximum absolute atomic E-state index is 12.6. The van der Waals surface area contributed by atoms with Crippen LogP contribution >= 0.6 is 0 Å². The molecule has 2 amide bonds. The van der Waals surface area contributed by atoms with Gasteiger partial charge in [-0.3, -0.25) is 4.79 Å². The highest BCUT2D eigenvalue weighted by Crippen LogP contribution is 2.32. The van der Waals surface area contributed by atoms with Crippen molar-refractivity contribution >= 4 is 18.1 Å². The van der Waals surface area contributed by atoms with E-state index in [4.69, 9.17) is 4.74 Å². The molecule has 1 aliphatic rings. The fourth-order valence-corrected chi connectivity index (χ4v) is 2.88. The van der Waals surface area contributed by atoms with Crippen LogP contribution in [0.5, 0.6) is 0 Å². The zero-order chi connectivity index (χ0) is 19.6. The molecule has 0 N–H and O–H groups in total. The maximum Gasteiger partial charge on any atom is 0.417 e. The summed E-state index contributed by atoms with van der Waals surface area (Å²) >= 11 is 0. The van der Waals surface area contributed by atoms with Gasteiger partial charge in [-0.1, -0.05) is 42.5 Å². The summed E-state index contributed by atoms with van der Waals surface area (Å²) in [6, 6.07) is 12.9. The van der Waals surface area contributed by atoms with E-state index in [1.54, 1.807) is 19.1 Å². The average molecular weight is 375 g/mol. The van der Waals surface area contributed by atoms with Crippen LogP contribution in [0.2, 0.25) is 0 Å². The summed E-state index contributed by atoms with van der Waals surface area (Å²) in [4.78, 5) is 25.5. The summed E-state index contributed by atoms with van der Waals surface area (Å²) in [6.07, 6.45) is -3.23. The first-order valence-electron chi connectivity index (χ1n) is 8.21. The Labute approximate surface area is 153 Å². The number of benzene rings is 2. The standard InChI is InChI=1S/C20H16F3NO3/c1-13-18(15-5-3-2-4-6-15)27-19(26)24(13)17(25)12-9-14-7-10-16(11-8-14)20(21,22)23/h2-13,18H,1H3/b12-9+/t13-,18+/m1/s1. The molecular weight excluding hydrogens is 359 g/mol. The van der Waals surface area contributed by atoms with E-state index in [1.165, 1.54) is 18.2 Å². The van der Waals surface area contributed by atoms with Crippen molar-refractivity contribution in [2.75, 3.05) is 0 Å². The van der Waals surface area contributed by atoms with Gasteiger partial charge in [-0.2, -0.15) is 13.2 Å². The minimum absolute atomic E-state index is 0.413. The quantitative estimate of drug-likeness (QED) is 0.722. The summed E-state index contributed by atoms with van der Waals surface area (Å²) in [7, 11) is 0. The maximum atomic E-state index is 12.6. The first kappa shape index (κ1) is 18.7. The van der Waals surface area contributed by atoms with E-state index in [1.807, 2.05) is 18.2 Å². The fourth-order valence-electron chi connectivity index (χ4n) is 2.88. The second-order valence-electron chi connectivity index (χ2n) is 6.12. The molecule has 2 atom stereocenters. The SMILES string of the molecule is C[C@@H]1[C@@H](c2ccccc2)OC(=O)N1C(=O)/C=C/c1ccc(C(F)(F)F)cc1. The molecule has 2 aromatic carbocycles. The van der Waals surface area contributed by atoms with Crippen molar-refractivity contribution in [3.8, 4) is 0 Å². The van der Waals surface area contributed by atoms with Crippen molar-refractivity contribution in [3.63, 3.8) is 0 Å². The highest BCUT2D eigenvalue weighted by Gasteiger charge is 2.42. The predicted octanol–water partition coefficient (Wildman–Crippen LogP) is 4.83. The number of rotatable bonds is 3. The number of carbonyl (C=O) groups is 2. The molecule has 1 aliphatic heterocycles. The molecule has 0 unspecified atom stereocenters. The molecule has 4 nitrogen and oxygen atoms in total. The van der Waals surface area contributed by atoms with Crippen molar-refractivity contribution in [3.05, 3.63) is 77.4 Å². The Balaban J connectivity index is 1.72. The minimum atomic E-state index is -4.42. The number of cyclic esters (lactones) is 1. The van der Waals surface area contributed by atoms with Gasteiger partial charge in [-0.05, 0) is 36.3 Å². The lowest BCUT2D eigenvalue weighted by atomic mass is 10.0. The lowest BCUT2D eigenvalue weighted by Crippen LogP contribution is -2.36. The first-order chi connectivity index (χ1) is 12.8. The number of halogens is 3. The van der Waals surface area contributed by atoms with Gasteiger partial charge in [0.1, 0.15) is 6.10 Å². The number of amides is 2. The van der Waals surface area contributed by atoms with Crippen LogP contribution in [0.15, 0.2) is 60.7 Å². The zero-order valence-electron chi connectivity index (χ0n) is 14.3. The van der Waals surface area contributed by atoms with Crippen LogP contribution in [0.1, 0.15) is 29.7 Å². The Morgan fingerprint density at radius 3 is 2.30 bits per heavy atom. The largest absolute Gasteiger partial charge is 0.439 e. The third-order valence-corrected chi connectivity index (χ3v) is 4.29. The van der Waals surface area contributed by atoms with E-state index in [-0.39, 0.29) is 0 Å². The van der Waals surface area contributed by atoms with Gasteiger partial charge >= 0.3 is 12.3 Å².